The molecule has 0 saturated heterocycles. The van der Waals surface area contributed by atoms with E-state index in [-0.39, 0.29) is 5.41 Å². The molecular weight excluding hydrogens is 240 g/mol. The largest absolute Gasteiger partial charge is 0.424 e. The van der Waals surface area contributed by atoms with E-state index in [1.807, 2.05) is 24.3 Å². The first-order chi connectivity index (χ1) is 9.03. The van der Waals surface area contributed by atoms with Crippen LogP contribution in [0.3, 0.4) is 0 Å². The van der Waals surface area contributed by atoms with E-state index in [0.29, 0.717) is 5.75 Å². The Labute approximate surface area is 113 Å². The van der Waals surface area contributed by atoms with Crippen LogP contribution < -0.4 is 4.74 Å². The smallest absolute Gasteiger partial charge is 0.410 e. The number of ether oxygens (including phenoxy) is 1. The first kappa shape index (κ1) is 13.3. The van der Waals surface area contributed by atoms with E-state index in [2.05, 4.69) is 25.8 Å². The van der Waals surface area contributed by atoms with E-state index in [1.165, 1.54) is 22.7 Å². The van der Waals surface area contributed by atoms with Crippen LogP contribution in [0, 0.1) is 0 Å². The summed E-state index contributed by atoms with van der Waals surface area (Å²) >= 11 is 0. The van der Waals surface area contributed by atoms with Crippen LogP contribution in [0.2, 0.25) is 0 Å². The molecule has 0 fully saturated rings. The predicted octanol–water partition coefficient (Wildman–Crippen LogP) is 3.62. The first-order valence-corrected chi connectivity index (χ1v) is 6.33. The van der Waals surface area contributed by atoms with Crippen molar-refractivity contribution in [3.05, 3.63) is 48.5 Å². The first-order valence-electron chi connectivity index (χ1n) is 6.33. The standard InChI is InChI=1S/C15H18N2O2/c1-4-15(2,3)12-5-7-13(8-6-12)19-14(18)17-10-9-16-11-17/h5-11H,4H2,1-3H3. The number of carbonyl (C=O) groups is 1. The fourth-order valence-electron chi connectivity index (χ4n) is 1.70. The van der Waals surface area contributed by atoms with Crippen molar-refractivity contribution in [3.8, 4) is 5.75 Å². The quantitative estimate of drug-likeness (QED) is 0.844. The van der Waals surface area contributed by atoms with E-state index < -0.39 is 6.09 Å². The van der Waals surface area contributed by atoms with Gasteiger partial charge >= 0.3 is 6.09 Å². The van der Waals surface area contributed by atoms with Crippen molar-refractivity contribution in [3.63, 3.8) is 0 Å². The van der Waals surface area contributed by atoms with Gasteiger partial charge in [0.05, 0.1) is 0 Å². The Morgan fingerprint density at radius 1 is 1.32 bits per heavy atom. The third-order valence-corrected chi connectivity index (χ3v) is 3.44. The summed E-state index contributed by atoms with van der Waals surface area (Å²) in [5.74, 6) is 0.536. The average molecular weight is 258 g/mol. The van der Waals surface area contributed by atoms with Crippen molar-refractivity contribution in [1.82, 2.24) is 9.55 Å². The lowest BCUT2D eigenvalue weighted by molar-refractivity contribution is 0.202. The maximum Gasteiger partial charge on any atom is 0.424 e. The van der Waals surface area contributed by atoms with Gasteiger partial charge in [-0.1, -0.05) is 32.9 Å². The SMILES string of the molecule is CCC(C)(C)c1ccc(OC(=O)n2ccnc2)cc1. The van der Waals surface area contributed by atoms with Crippen LogP contribution in [0.1, 0.15) is 32.8 Å². The minimum absolute atomic E-state index is 0.132. The molecule has 2 aromatic rings. The van der Waals surface area contributed by atoms with Gasteiger partial charge < -0.3 is 4.74 Å². The summed E-state index contributed by atoms with van der Waals surface area (Å²) in [5, 5.41) is 0. The van der Waals surface area contributed by atoms with Crippen LogP contribution >= 0.6 is 0 Å². The lowest BCUT2D eigenvalue weighted by atomic mass is 9.82. The molecule has 0 aliphatic carbocycles. The van der Waals surface area contributed by atoms with Gasteiger partial charge in [0.25, 0.3) is 0 Å². The highest BCUT2D eigenvalue weighted by Gasteiger charge is 2.17. The number of aromatic nitrogens is 2. The van der Waals surface area contributed by atoms with Gasteiger partial charge in [0.1, 0.15) is 12.1 Å². The molecule has 2 rings (SSSR count). The molecular formula is C15H18N2O2. The summed E-state index contributed by atoms with van der Waals surface area (Å²) < 4.78 is 6.54. The molecule has 0 unspecified atom stereocenters. The molecule has 19 heavy (non-hydrogen) atoms. The Bertz CT molecular complexity index is 542. The summed E-state index contributed by atoms with van der Waals surface area (Å²) in [6, 6.07) is 7.64. The van der Waals surface area contributed by atoms with Crippen molar-refractivity contribution in [2.75, 3.05) is 0 Å². The van der Waals surface area contributed by atoms with Crippen molar-refractivity contribution in [2.24, 2.45) is 0 Å². The number of benzene rings is 1. The van der Waals surface area contributed by atoms with Gasteiger partial charge in [-0.3, -0.25) is 0 Å². The zero-order chi connectivity index (χ0) is 13.9. The Balaban J connectivity index is 2.09. The minimum Gasteiger partial charge on any atom is -0.410 e. The second kappa shape index (κ2) is 5.26. The van der Waals surface area contributed by atoms with E-state index in [1.54, 1.807) is 6.20 Å². The highest BCUT2D eigenvalue weighted by atomic mass is 16.6. The van der Waals surface area contributed by atoms with Crippen molar-refractivity contribution >= 4 is 6.09 Å². The van der Waals surface area contributed by atoms with E-state index in [4.69, 9.17) is 4.74 Å². The molecule has 0 N–H and O–H groups in total. The summed E-state index contributed by atoms with van der Waals surface area (Å²) in [6.45, 7) is 6.55. The minimum atomic E-state index is -0.458. The summed E-state index contributed by atoms with van der Waals surface area (Å²) in [7, 11) is 0. The predicted molar refractivity (Wildman–Crippen MR) is 73.4 cm³/mol. The number of nitrogens with zero attached hydrogens (tertiary/aromatic N) is 2. The van der Waals surface area contributed by atoms with E-state index in [9.17, 15) is 4.79 Å². The molecule has 4 heteroatoms. The van der Waals surface area contributed by atoms with Gasteiger partial charge in [0.2, 0.25) is 0 Å². The van der Waals surface area contributed by atoms with Crippen LogP contribution in [-0.4, -0.2) is 15.6 Å². The lowest BCUT2D eigenvalue weighted by Crippen LogP contribution is -2.16. The van der Waals surface area contributed by atoms with Crippen LogP contribution in [0.4, 0.5) is 4.79 Å². The molecule has 1 aromatic carbocycles. The Hall–Kier alpha value is -2.10. The highest BCUT2D eigenvalue weighted by Crippen LogP contribution is 2.28. The van der Waals surface area contributed by atoms with E-state index >= 15 is 0 Å². The monoisotopic (exact) mass is 258 g/mol. The van der Waals surface area contributed by atoms with Gasteiger partial charge in [0, 0.05) is 12.4 Å². The molecule has 1 heterocycles. The van der Waals surface area contributed by atoms with Gasteiger partial charge in [-0.25, -0.2) is 14.3 Å². The van der Waals surface area contributed by atoms with Gasteiger partial charge in [-0.2, -0.15) is 0 Å². The molecule has 100 valence electrons. The highest BCUT2D eigenvalue weighted by molar-refractivity contribution is 5.72. The Morgan fingerprint density at radius 2 is 2.00 bits per heavy atom. The van der Waals surface area contributed by atoms with Crippen LogP contribution in [-0.2, 0) is 5.41 Å². The molecule has 0 aliphatic rings. The number of hydrogen-bond acceptors (Lipinski definition) is 3. The molecule has 0 bridgehead atoms. The fourth-order valence-corrected chi connectivity index (χ4v) is 1.70. The normalized spacial score (nSPS) is 11.3. The number of imidazole rings is 1. The average Bonchev–Trinajstić information content (AvgIpc) is 2.93. The molecule has 0 spiro atoms. The zero-order valence-corrected chi connectivity index (χ0v) is 11.5. The van der Waals surface area contributed by atoms with Crippen LogP contribution in [0.25, 0.3) is 0 Å². The molecule has 0 aliphatic heterocycles. The van der Waals surface area contributed by atoms with Crippen molar-refractivity contribution in [1.29, 1.82) is 0 Å². The summed E-state index contributed by atoms with van der Waals surface area (Å²) in [4.78, 5) is 15.5. The van der Waals surface area contributed by atoms with Crippen molar-refractivity contribution < 1.29 is 9.53 Å². The molecule has 0 saturated carbocycles. The van der Waals surface area contributed by atoms with E-state index in [0.717, 1.165) is 6.42 Å². The number of hydrogen-bond donors (Lipinski definition) is 0. The molecule has 0 amide bonds. The Kier molecular flexibility index (Phi) is 3.69. The molecule has 0 radical (unpaired) electrons. The fraction of sp³-hybridized carbons (Fsp3) is 0.333. The molecule has 1 aromatic heterocycles. The third kappa shape index (κ3) is 3.02. The topological polar surface area (TPSA) is 44.1 Å². The number of carbonyl (C=O) groups excluding carboxylic acids is 1. The Morgan fingerprint density at radius 3 is 2.53 bits per heavy atom. The number of rotatable bonds is 3. The third-order valence-electron chi connectivity index (χ3n) is 3.44. The van der Waals surface area contributed by atoms with Gasteiger partial charge in [-0.15, -0.1) is 0 Å². The van der Waals surface area contributed by atoms with Gasteiger partial charge in [-0.05, 0) is 29.5 Å². The van der Waals surface area contributed by atoms with Crippen LogP contribution in [0.5, 0.6) is 5.75 Å². The van der Waals surface area contributed by atoms with Gasteiger partial charge in [0.15, 0.2) is 0 Å². The van der Waals surface area contributed by atoms with Crippen LogP contribution in [0.15, 0.2) is 43.0 Å². The molecule has 4 nitrogen and oxygen atoms in total. The summed E-state index contributed by atoms with van der Waals surface area (Å²) in [6.07, 6.45) is 5.10. The zero-order valence-electron chi connectivity index (χ0n) is 11.5. The maximum atomic E-state index is 11.7. The molecule has 0 atom stereocenters. The summed E-state index contributed by atoms with van der Waals surface area (Å²) in [5.41, 5.74) is 1.37. The maximum absolute atomic E-state index is 11.7. The second-order valence-electron chi connectivity index (χ2n) is 5.10. The van der Waals surface area contributed by atoms with Crippen molar-refractivity contribution in [2.45, 2.75) is 32.6 Å². The second-order valence-corrected chi connectivity index (χ2v) is 5.10. The lowest BCUT2D eigenvalue weighted by Gasteiger charge is -2.23.